The van der Waals surface area contributed by atoms with Crippen LogP contribution in [0.4, 0.5) is 0 Å². The maximum absolute atomic E-state index is 11.4. The minimum absolute atomic E-state index is 0.319. The van der Waals surface area contributed by atoms with E-state index < -0.39 is 26.3 Å². The predicted molar refractivity (Wildman–Crippen MR) is 137 cm³/mol. The van der Waals surface area contributed by atoms with E-state index >= 15 is 0 Å². The molecule has 1 aliphatic rings. The maximum atomic E-state index is 11.4. The molecule has 3 aromatic carbocycles. The Morgan fingerprint density at radius 3 is 1.97 bits per heavy atom. The summed E-state index contributed by atoms with van der Waals surface area (Å²) in [6, 6.07) is 27.2. The van der Waals surface area contributed by atoms with Gasteiger partial charge in [0.15, 0.2) is 0 Å². The molecule has 172 valence electrons. The Morgan fingerprint density at radius 2 is 1.42 bits per heavy atom. The molecule has 33 heavy (non-hydrogen) atoms. The number of phenolic OH excluding ortho intramolecular Hbond substituents is 1. The van der Waals surface area contributed by atoms with Gasteiger partial charge in [-0.25, -0.2) is 0 Å². The number of benzene rings is 3. The summed E-state index contributed by atoms with van der Waals surface area (Å²) in [5.74, 6) is 0.930. The molecule has 0 radical (unpaired) electrons. The van der Waals surface area contributed by atoms with Crippen LogP contribution in [0.3, 0.4) is 0 Å². The van der Waals surface area contributed by atoms with Crippen molar-refractivity contribution in [2.45, 2.75) is 51.0 Å². The molecule has 1 saturated carbocycles. The third kappa shape index (κ3) is 6.38. The fourth-order valence-corrected chi connectivity index (χ4v) is 4.78. The molecule has 0 aliphatic heterocycles. The molecule has 2 nitrogen and oxygen atoms in total. The van der Waals surface area contributed by atoms with Crippen LogP contribution in [-0.4, -0.2) is 17.4 Å². The molecular weight excluding hydrogens is 528 g/mol. The summed E-state index contributed by atoms with van der Waals surface area (Å²) in [7, 11) is 9.87. The van der Waals surface area contributed by atoms with Crippen LogP contribution in [0.15, 0.2) is 83.9 Å². The average molecular weight is 560 g/mol. The Hall–Kier alpha value is -1.41. The molecule has 0 aromatic heterocycles. The van der Waals surface area contributed by atoms with Crippen LogP contribution in [0.25, 0.3) is 0 Å². The van der Waals surface area contributed by atoms with Crippen molar-refractivity contribution in [3.8, 4) is 5.75 Å². The van der Waals surface area contributed by atoms with E-state index in [9.17, 15) is 5.11 Å². The number of aromatic hydroxyl groups is 1. The first-order valence-electron chi connectivity index (χ1n) is 11.4. The van der Waals surface area contributed by atoms with Gasteiger partial charge in [-0.3, -0.25) is 4.99 Å². The number of rotatable bonds is 5. The Morgan fingerprint density at radius 1 is 0.879 bits per heavy atom. The number of phenols is 1. The number of hydrogen-bond acceptors (Lipinski definition) is 2. The summed E-state index contributed by atoms with van der Waals surface area (Å²) in [6.45, 7) is 4.48. The first-order chi connectivity index (χ1) is 16.0. The van der Waals surface area contributed by atoms with Crippen molar-refractivity contribution in [3.63, 3.8) is 0 Å². The van der Waals surface area contributed by atoms with E-state index in [1.807, 2.05) is 36.5 Å². The monoisotopic (exact) mass is 557 g/mol. The molecule has 0 heterocycles. The summed E-state index contributed by atoms with van der Waals surface area (Å²) in [5, 5.41) is 11.4. The molecule has 0 amide bonds. The van der Waals surface area contributed by atoms with Crippen LogP contribution in [0.2, 0.25) is 0 Å². The van der Waals surface area contributed by atoms with Crippen molar-refractivity contribution in [2.24, 2.45) is 10.9 Å². The normalized spacial score (nSPS) is 18.4. The standard InChI is InChI=1S/C28H31NO.2ClH.Zr/c1-21-12-9-10-19-26(21)29-20-22-13-11-18-25(27(22)30)28(2,23-14-5-3-6-15-23)24-16-7-4-8-17-24;;;/h3-8,11,13-18,20-21,26,30H,9-10,12,19H2,1-2H3;2*1H;/q;;;+2/p-2. The molecule has 1 N–H and O–H groups in total. The number of aliphatic imine (C=N–C) groups is 1. The molecule has 0 saturated heterocycles. The Balaban J connectivity index is 0.000000968. The zero-order chi connectivity index (χ0) is 23.7. The van der Waals surface area contributed by atoms with E-state index in [-0.39, 0.29) is 0 Å². The topological polar surface area (TPSA) is 32.6 Å². The summed E-state index contributed by atoms with van der Waals surface area (Å²) in [4.78, 5) is 4.88. The van der Waals surface area contributed by atoms with E-state index in [0.717, 1.165) is 28.7 Å². The van der Waals surface area contributed by atoms with E-state index in [4.69, 9.17) is 22.0 Å². The van der Waals surface area contributed by atoms with Crippen molar-refractivity contribution >= 4 is 23.2 Å². The SMILES string of the molecule is CC1CCCCC1N=Cc1cccc(C(C)(c2ccccc2)c2ccccc2)c1O.[Cl][Zr][Cl]. The fraction of sp³-hybridized carbons (Fsp3) is 0.321. The van der Waals surface area contributed by atoms with Crippen molar-refractivity contribution < 1.29 is 26.0 Å². The van der Waals surface area contributed by atoms with Gasteiger partial charge in [0, 0.05) is 22.8 Å². The van der Waals surface area contributed by atoms with E-state index in [1.165, 1.54) is 19.3 Å². The van der Waals surface area contributed by atoms with Gasteiger partial charge >= 0.3 is 37.9 Å². The molecule has 4 rings (SSSR count). The van der Waals surface area contributed by atoms with Crippen LogP contribution >= 0.6 is 17.0 Å². The first-order valence-corrected chi connectivity index (χ1v) is 17.8. The van der Waals surface area contributed by atoms with Gasteiger partial charge in [-0.05, 0) is 42.9 Å². The van der Waals surface area contributed by atoms with Crippen LogP contribution in [0, 0.1) is 5.92 Å². The number of hydrogen-bond donors (Lipinski definition) is 1. The van der Waals surface area contributed by atoms with Gasteiger partial charge in [0.25, 0.3) is 0 Å². The van der Waals surface area contributed by atoms with Gasteiger partial charge in [-0.2, -0.15) is 0 Å². The second-order valence-electron chi connectivity index (χ2n) is 8.78. The third-order valence-electron chi connectivity index (χ3n) is 6.78. The average Bonchev–Trinajstić information content (AvgIpc) is 2.85. The Labute approximate surface area is 216 Å². The Bertz CT molecular complexity index is 987. The third-order valence-corrected chi connectivity index (χ3v) is 6.78. The summed E-state index contributed by atoms with van der Waals surface area (Å²) in [6.07, 6.45) is 6.83. The second-order valence-corrected chi connectivity index (χ2v) is 12.5. The summed E-state index contributed by atoms with van der Waals surface area (Å²) in [5.41, 5.74) is 3.54. The fourth-order valence-electron chi connectivity index (χ4n) is 4.78. The van der Waals surface area contributed by atoms with E-state index in [0.29, 0.717) is 17.7 Å². The molecule has 2 unspecified atom stereocenters. The Kier molecular flexibility index (Phi) is 10.2. The summed E-state index contributed by atoms with van der Waals surface area (Å²) < 4.78 is 0. The first kappa shape index (κ1) is 26.2. The number of halogens is 2. The molecule has 1 aliphatic carbocycles. The quantitative estimate of drug-likeness (QED) is 0.249. The molecule has 0 spiro atoms. The van der Waals surface area contributed by atoms with Gasteiger partial charge in [-0.15, -0.1) is 0 Å². The van der Waals surface area contributed by atoms with Crippen LogP contribution in [0.1, 0.15) is 61.8 Å². The zero-order valence-electron chi connectivity index (χ0n) is 19.2. The van der Waals surface area contributed by atoms with E-state index in [1.54, 1.807) is 0 Å². The predicted octanol–water partition coefficient (Wildman–Crippen LogP) is 8.12. The van der Waals surface area contributed by atoms with Gasteiger partial charge in [0.1, 0.15) is 5.75 Å². The van der Waals surface area contributed by atoms with Crippen molar-refractivity contribution in [1.29, 1.82) is 0 Å². The number of nitrogens with zero attached hydrogens (tertiary/aromatic N) is 1. The van der Waals surface area contributed by atoms with Gasteiger partial charge < -0.3 is 5.11 Å². The molecule has 0 bridgehead atoms. The number of para-hydroxylation sites is 1. The van der Waals surface area contributed by atoms with Crippen LogP contribution in [0.5, 0.6) is 5.75 Å². The molecular formula is C28H31Cl2NOZr. The van der Waals surface area contributed by atoms with Gasteiger partial charge in [-0.1, -0.05) is 92.6 Å². The van der Waals surface area contributed by atoms with Crippen molar-refractivity contribution in [3.05, 3.63) is 101 Å². The van der Waals surface area contributed by atoms with E-state index in [2.05, 4.69) is 62.4 Å². The summed E-state index contributed by atoms with van der Waals surface area (Å²) >= 11 is -0.826. The minimum atomic E-state index is -0.826. The van der Waals surface area contributed by atoms with Gasteiger partial charge in [0.2, 0.25) is 0 Å². The van der Waals surface area contributed by atoms with Crippen LogP contribution < -0.4 is 0 Å². The molecule has 1 fully saturated rings. The molecule has 5 heteroatoms. The second kappa shape index (κ2) is 12.9. The molecule has 3 aromatic rings. The van der Waals surface area contributed by atoms with Crippen LogP contribution in [-0.2, 0) is 26.3 Å². The van der Waals surface area contributed by atoms with Crippen molar-refractivity contribution in [1.82, 2.24) is 0 Å². The van der Waals surface area contributed by atoms with Gasteiger partial charge in [0.05, 0.1) is 6.04 Å². The zero-order valence-corrected chi connectivity index (χ0v) is 23.2. The molecule has 2 atom stereocenters. The van der Waals surface area contributed by atoms with Crippen molar-refractivity contribution in [2.75, 3.05) is 0 Å².